The molecule has 0 aliphatic heterocycles. The van der Waals surface area contributed by atoms with Crippen LogP contribution < -0.4 is 0 Å². The molecule has 0 atom stereocenters. The van der Waals surface area contributed by atoms with Crippen LogP contribution in [0.2, 0.25) is 0 Å². The Bertz CT molecular complexity index is 36.8. The van der Waals surface area contributed by atoms with E-state index in [9.17, 15) is 0 Å². The van der Waals surface area contributed by atoms with Crippen molar-refractivity contribution in [3.05, 3.63) is 12.7 Å². The number of allylic oxidation sites excluding steroid dienone is 1. The Hall–Kier alpha value is -0.0705. The molecule has 0 fully saturated rings. The van der Waals surface area contributed by atoms with E-state index in [0.29, 0.717) is 0 Å². The predicted octanol–water partition coefficient (Wildman–Crippen LogP) is 0.473. The van der Waals surface area contributed by atoms with Gasteiger partial charge in [0, 0.05) is 0 Å². The average molecular weight is 132 g/mol. The maximum absolute atomic E-state index is 9.17. The Morgan fingerprint density at radius 2 is 2.33 bits per heavy atom. The third kappa shape index (κ3) is 9.06. The summed E-state index contributed by atoms with van der Waals surface area (Å²) < 4.78 is 0. The fourth-order valence-electron chi connectivity index (χ4n) is 0.0481. The number of hydrogen-bond acceptors (Lipinski definition) is 1. The zero-order chi connectivity index (χ0) is 4.12. The van der Waals surface area contributed by atoms with Crippen LogP contribution in [-0.2, 0) is 21.9 Å². The number of hydrogen-bond donors (Lipinski definition) is 0. The molecule has 0 aromatic carbocycles. The summed E-state index contributed by atoms with van der Waals surface area (Å²) in [6, 6.07) is 0. The van der Waals surface area contributed by atoms with Gasteiger partial charge in [-0.2, -0.15) is 6.42 Å². The van der Waals surface area contributed by atoms with E-state index in [2.05, 4.69) is 0 Å². The van der Waals surface area contributed by atoms with Crippen LogP contribution in [-0.4, -0.2) is 6.29 Å². The van der Waals surface area contributed by atoms with Crippen LogP contribution >= 0.6 is 0 Å². The molecule has 0 saturated heterocycles. The van der Waals surface area contributed by atoms with E-state index in [1.807, 2.05) is 0 Å². The van der Waals surface area contributed by atoms with Gasteiger partial charge in [-0.1, -0.05) is 0 Å². The second-order valence-electron chi connectivity index (χ2n) is 0.584. The van der Waals surface area contributed by atoms with Gasteiger partial charge >= 0.3 is 17.1 Å². The summed E-state index contributed by atoms with van der Waals surface area (Å²) in [4.78, 5) is 9.17. The van der Waals surface area contributed by atoms with Crippen molar-refractivity contribution in [2.24, 2.45) is 0 Å². The van der Waals surface area contributed by atoms with Crippen molar-refractivity contribution in [2.75, 3.05) is 0 Å². The van der Waals surface area contributed by atoms with Crippen molar-refractivity contribution < 1.29 is 21.9 Å². The van der Waals surface area contributed by atoms with Gasteiger partial charge in [0.25, 0.3) is 0 Å². The van der Waals surface area contributed by atoms with Gasteiger partial charge in [0.1, 0.15) is 0 Å². The van der Waals surface area contributed by atoms with Crippen LogP contribution in [0.4, 0.5) is 0 Å². The third-order valence-corrected chi connectivity index (χ3v) is 0.201. The van der Waals surface area contributed by atoms with E-state index in [4.69, 9.17) is 11.4 Å². The maximum Gasteiger partial charge on any atom is 2.00 e. The Morgan fingerprint density at radius 1 is 1.83 bits per heavy atom. The Kier molecular flexibility index (Phi) is 13.8. The largest absolute Gasteiger partial charge is 2.00 e. The van der Waals surface area contributed by atoms with E-state index < -0.39 is 0 Å². The molecule has 0 spiro atoms. The molecule has 0 saturated carbocycles. The molecule has 0 bridgehead atoms. The molecule has 0 aromatic heterocycles. The van der Waals surface area contributed by atoms with Gasteiger partial charge in [-0.25, -0.2) is 0 Å². The van der Waals surface area contributed by atoms with E-state index >= 15 is 0 Å². The minimum Gasteiger partial charge on any atom is -0.542 e. The van der Waals surface area contributed by atoms with E-state index in [1.54, 1.807) is 6.29 Å². The standard InChI is InChI=1S/C4H4O.Cu/c1-2-3-4-5;/h1-2H,3H2;/q-2;+2. The van der Waals surface area contributed by atoms with Crippen molar-refractivity contribution in [2.45, 2.75) is 6.42 Å². The fraction of sp³-hybridized carbons (Fsp3) is 0.250. The van der Waals surface area contributed by atoms with Crippen molar-refractivity contribution in [1.29, 1.82) is 0 Å². The second-order valence-corrected chi connectivity index (χ2v) is 0.584. The van der Waals surface area contributed by atoms with E-state index in [0.717, 1.165) is 0 Å². The summed E-state index contributed by atoms with van der Waals surface area (Å²) in [7, 11) is 0. The maximum atomic E-state index is 9.17. The first-order chi connectivity index (χ1) is 2.41. The summed E-state index contributed by atoms with van der Waals surface area (Å²) in [5.74, 6) is 0. The second kappa shape index (κ2) is 8.87. The molecule has 0 N–H and O–H groups in total. The molecular formula is C4H4CuO. The molecule has 1 radical (unpaired) electrons. The molecule has 2 heteroatoms. The van der Waals surface area contributed by atoms with Crippen LogP contribution in [0.3, 0.4) is 0 Å². The average Bonchev–Trinajstić information content (AvgIpc) is 1.41. The third-order valence-electron chi connectivity index (χ3n) is 0.201. The minimum absolute atomic E-state index is 0. The Balaban J connectivity index is 0. The topological polar surface area (TPSA) is 17.1 Å². The minimum atomic E-state index is 0. The normalized spacial score (nSPS) is 5.33. The van der Waals surface area contributed by atoms with Crippen molar-refractivity contribution in [3.8, 4) is 0 Å². The van der Waals surface area contributed by atoms with E-state index in [1.165, 1.54) is 6.08 Å². The number of rotatable bonds is 2. The molecule has 0 unspecified atom stereocenters. The van der Waals surface area contributed by atoms with Gasteiger partial charge in [0.15, 0.2) is 0 Å². The summed E-state index contributed by atoms with van der Waals surface area (Å²) in [6.45, 7) is 4.75. The van der Waals surface area contributed by atoms with Gasteiger partial charge in [0.2, 0.25) is 0 Å². The molecule has 0 amide bonds. The number of carbonyl (C=O) groups excluding carboxylic acids is 1. The first kappa shape index (κ1) is 9.33. The van der Waals surface area contributed by atoms with Gasteiger partial charge in [-0.15, -0.1) is 0 Å². The summed E-state index contributed by atoms with van der Waals surface area (Å²) in [6.07, 6.45) is 3.08. The van der Waals surface area contributed by atoms with Crippen LogP contribution in [0, 0.1) is 6.58 Å². The molecule has 0 rings (SSSR count). The SMILES string of the molecule is [CH-]=CC[C-]=O.[Cu+2]. The molecule has 0 aliphatic rings. The quantitative estimate of drug-likeness (QED) is 0.394. The first-order valence-corrected chi connectivity index (χ1v) is 1.30. The van der Waals surface area contributed by atoms with Crippen molar-refractivity contribution in [3.63, 3.8) is 0 Å². The fourth-order valence-corrected chi connectivity index (χ4v) is 0.0481. The monoisotopic (exact) mass is 131 g/mol. The van der Waals surface area contributed by atoms with Crippen LogP contribution in [0.15, 0.2) is 6.08 Å². The molecule has 37 valence electrons. The van der Waals surface area contributed by atoms with Crippen LogP contribution in [0.1, 0.15) is 6.42 Å². The van der Waals surface area contributed by atoms with Crippen LogP contribution in [0.5, 0.6) is 0 Å². The zero-order valence-corrected chi connectivity index (χ0v) is 4.01. The van der Waals surface area contributed by atoms with E-state index in [-0.39, 0.29) is 23.5 Å². The van der Waals surface area contributed by atoms with Crippen molar-refractivity contribution >= 4 is 6.29 Å². The van der Waals surface area contributed by atoms with Crippen molar-refractivity contribution in [1.82, 2.24) is 0 Å². The molecule has 0 aliphatic carbocycles. The summed E-state index contributed by atoms with van der Waals surface area (Å²) >= 11 is 0. The summed E-state index contributed by atoms with van der Waals surface area (Å²) in [5.41, 5.74) is 0. The summed E-state index contributed by atoms with van der Waals surface area (Å²) in [5, 5.41) is 0. The van der Waals surface area contributed by atoms with Gasteiger partial charge in [-0.05, 0) is 0 Å². The Morgan fingerprint density at radius 3 is 2.33 bits per heavy atom. The molecule has 1 nitrogen and oxygen atoms in total. The zero-order valence-electron chi connectivity index (χ0n) is 3.07. The van der Waals surface area contributed by atoms with Gasteiger partial charge in [0.05, 0.1) is 0 Å². The Labute approximate surface area is 47.9 Å². The van der Waals surface area contributed by atoms with Gasteiger partial charge in [-0.3, -0.25) is 12.4 Å². The predicted molar refractivity (Wildman–Crippen MR) is 19.2 cm³/mol. The van der Waals surface area contributed by atoms with Crippen LogP contribution in [0.25, 0.3) is 0 Å². The molecular weight excluding hydrogens is 128 g/mol. The molecule has 0 heterocycles. The smallest absolute Gasteiger partial charge is 0.542 e. The first-order valence-electron chi connectivity index (χ1n) is 1.30. The molecule has 0 aromatic rings. The van der Waals surface area contributed by atoms with Gasteiger partial charge < -0.3 is 11.4 Å². The molecule has 6 heavy (non-hydrogen) atoms.